The summed E-state index contributed by atoms with van der Waals surface area (Å²) in [6.07, 6.45) is 2.73. The van der Waals surface area contributed by atoms with Crippen LogP contribution in [0.15, 0.2) is 0 Å². The first kappa shape index (κ1) is 10.8. The van der Waals surface area contributed by atoms with Crippen molar-refractivity contribution in [2.24, 2.45) is 5.92 Å². The summed E-state index contributed by atoms with van der Waals surface area (Å²) in [5.41, 5.74) is 0. The first-order chi connectivity index (χ1) is 6.77. The highest BCUT2D eigenvalue weighted by atomic mass is 32.2. The molecule has 0 saturated carbocycles. The molecule has 2 aliphatic rings. The second kappa shape index (κ2) is 4.86. The molecule has 3 unspecified atom stereocenters. The van der Waals surface area contributed by atoms with E-state index in [1.54, 1.807) is 0 Å². The van der Waals surface area contributed by atoms with Gasteiger partial charge in [-0.1, -0.05) is 6.92 Å². The largest absolute Gasteiger partial charge is 0.312 e. The second-order valence-corrected chi connectivity index (χ2v) is 5.96. The van der Waals surface area contributed by atoms with Crippen molar-refractivity contribution in [3.05, 3.63) is 0 Å². The average Bonchev–Trinajstić information content (AvgIpc) is 2.18. The highest BCUT2D eigenvalue weighted by Crippen LogP contribution is 2.24. The molecule has 82 valence electrons. The molecule has 1 N–H and O–H groups in total. The van der Waals surface area contributed by atoms with Crippen molar-refractivity contribution in [1.29, 1.82) is 0 Å². The molecule has 2 rings (SSSR count). The molecule has 0 bridgehead atoms. The van der Waals surface area contributed by atoms with Crippen LogP contribution in [0.5, 0.6) is 0 Å². The van der Waals surface area contributed by atoms with Crippen LogP contribution in [-0.4, -0.2) is 48.6 Å². The Morgan fingerprint density at radius 2 is 2.29 bits per heavy atom. The predicted octanol–water partition coefficient (Wildman–Crippen LogP) is 1.42. The van der Waals surface area contributed by atoms with Crippen LogP contribution in [-0.2, 0) is 0 Å². The smallest absolute Gasteiger partial charge is 0.0337 e. The van der Waals surface area contributed by atoms with Gasteiger partial charge in [-0.15, -0.1) is 0 Å². The fourth-order valence-electron chi connectivity index (χ4n) is 2.57. The van der Waals surface area contributed by atoms with E-state index in [4.69, 9.17) is 0 Å². The number of thioether (sulfide) groups is 1. The Balaban J connectivity index is 1.91. The highest BCUT2D eigenvalue weighted by Gasteiger charge is 2.30. The fraction of sp³-hybridized carbons (Fsp3) is 1.00. The van der Waals surface area contributed by atoms with Crippen molar-refractivity contribution < 1.29 is 0 Å². The van der Waals surface area contributed by atoms with E-state index >= 15 is 0 Å². The molecule has 2 saturated heterocycles. The van der Waals surface area contributed by atoms with Crippen LogP contribution < -0.4 is 5.32 Å². The molecule has 3 atom stereocenters. The van der Waals surface area contributed by atoms with Crippen LogP contribution in [0.1, 0.15) is 19.8 Å². The van der Waals surface area contributed by atoms with Gasteiger partial charge in [0.15, 0.2) is 0 Å². The number of nitrogens with zero attached hydrogens (tertiary/aromatic N) is 1. The summed E-state index contributed by atoms with van der Waals surface area (Å²) in [4.78, 5) is 2.55. The summed E-state index contributed by atoms with van der Waals surface area (Å²) in [6, 6.07) is 1.52. The van der Waals surface area contributed by atoms with Crippen molar-refractivity contribution in [2.75, 3.05) is 31.6 Å². The van der Waals surface area contributed by atoms with Crippen molar-refractivity contribution in [3.63, 3.8) is 0 Å². The molecular weight excluding hydrogens is 192 g/mol. The van der Waals surface area contributed by atoms with E-state index in [0.717, 1.165) is 18.0 Å². The summed E-state index contributed by atoms with van der Waals surface area (Å²) >= 11 is 2.12. The fourth-order valence-corrected chi connectivity index (χ4v) is 3.88. The van der Waals surface area contributed by atoms with Crippen molar-refractivity contribution in [1.82, 2.24) is 10.2 Å². The SMILES string of the molecule is CC1CCNC(C2CSCCN2C)C1. The van der Waals surface area contributed by atoms with E-state index in [9.17, 15) is 0 Å². The third kappa shape index (κ3) is 2.44. The Labute approximate surface area is 91.8 Å². The minimum Gasteiger partial charge on any atom is -0.312 e. The molecule has 0 aromatic heterocycles. The van der Waals surface area contributed by atoms with Crippen LogP contribution in [0.25, 0.3) is 0 Å². The van der Waals surface area contributed by atoms with Gasteiger partial charge in [0.1, 0.15) is 0 Å². The Hall–Kier alpha value is 0.270. The Kier molecular flexibility index (Phi) is 3.74. The summed E-state index contributed by atoms with van der Waals surface area (Å²) in [5.74, 6) is 3.55. The average molecular weight is 214 g/mol. The van der Waals surface area contributed by atoms with Crippen molar-refractivity contribution in [3.8, 4) is 0 Å². The maximum Gasteiger partial charge on any atom is 0.0337 e. The molecule has 14 heavy (non-hydrogen) atoms. The van der Waals surface area contributed by atoms with Gasteiger partial charge in [-0.2, -0.15) is 11.8 Å². The van der Waals surface area contributed by atoms with Gasteiger partial charge in [0.25, 0.3) is 0 Å². The monoisotopic (exact) mass is 214 g/mol. The zero-order valence-corrected chi connectivity index (χ0v) is 10.1. The highest BCUT2D eigenvalue weighted by molar-refractivity contribution is 7.99. The first-order valence-electron chi connectivity index (χ1n) is 5.78. The predicted molar refractivity (Wildman–Crippen MR) is 63.9 cm³/mol. The number of likely N-dealkylation sites (N-methyl/N-ethyl adjacent to an activating group) is 1. The van der Waals surface area contributed by atoms with Gasteiger partial charge in [-0.05, 0) is 32.4 Å². The van der Waals surface area contributed by atoms with Gasteiger partial charge in [-0.25, -0.2) is 0 Å². The molecule has 3 heteroatoms. The van der Waals surface area contributed by atoms with Crippen LogP contribution >= 0.6 is 11.8 Å². The normalized spacial score (nSPS) is 41.1. The van der Waals surface area contributed by atoms with Gasteiger partial charge >= 0.3 is 0 Å². The van der Waals surface area contributed by atoms with E-state index in [0.29, 0.717) is 0 Å². The third-order valence-electron chi connectivity index (χ3n) is 3.61. The number of rotatable bonds is 1. The third-order valence-corrected chi connectivity index (χ3v) is 4.66. The number of hydrogen-bond donors (Lipinski definition) is 1. The van der Waals surface area contributed by atoms with Crippen LogP contribution in [0, 0.1) is 5.92 Å². The lowest BCUT2D eigenvalue weighted by atomic mass is 9.90. The van der Waals surface area contributed by atoms with Gasteiger partial charge < -0.3 is 10.2 Å². The summed E-state index contributed by atoms with van der Waals surface area (Å²) < 4.78 is 0. The van der Waals surface area contributed by atoms with Crippen molar-refractivity contribution >= 4 is 11.8 Å². The zero-order chi connectivity index (χ0) is 9.97. The lowest BCUT2D eigenvalue weighted by Crippen LogP contribution is -2.55. The van der Waals surface area contributed by atoms with Crippen LogP contribution in [0.3, 0.4) is 0 Å². The maximum atomic E-state index is 3.69. The topological polar surface area (TPSA) is 15.3 Å². The number of hydrogen-bond acceptors (Lipinski definition) is 3. The van der Waals surface area contributed by atoms with Gasteiger partial charge in [0.2, 0.25) is 0 Å². The second-order valence-electron chi connectivity index (χ2n) is 4.81. The summed E-state index contributed by atoms with van der Waals surface area (Å²) in [5, 5.41) is 3.69. The Morgan fingerprint density at radius 1 is 1.43 bits per heavy atom. The molecular formula is C11H22N2S. The lowest BCUT2D eigenvalue weighted by Gasteiger charge is -2.41. The standard InChI is InChI=1S/C11H22N2S/c1-9-3-4-12-10(7-9)11-8-14-6-5-13(11)2/h9-12H,3-8H2,1-2H3. The lowest BCUT2D eigenvalue weighted by molar-refractivity contribution is 0.174. The molecule has 0 aliphatic carbocycles. The van der Waals surface area contributed by atoms with Gasteiger partial charge in [0, 0.05) is 30.1 Å². The molecule has 2 heterocycles. The Morgan fingerprint density at radius 3 is 3.00 bits per heavy atom. The summed E-state index contributed by atoms with van der Waals surface area (Å²) in [7, 11) is 2.28. The van der Waals surface area contributed by atoms with E-state index < -0.39 is 0 Å². The Bertz CT molecular complexity index is 186. The zero-order valence-electron chi connectivity index (χ0n) is 9.33. The molecule has 2 nitrogen and oxygen atoms in total. The van der Waals surface area contributed by atoms with E-state index in [1.807, 2.05) is 0 Å². The van der Waals surface area contributed by atoms with Crippen molar-refractivity contribution in [2.45, 2.75) is 31.8 Å². The molecule has 2 fully saturated rings. The molecule has 0 radical (unpaired) electrons. The molecule has 0 spiro atoms. The van der Waals surface area contributed by atoms with E-state index in [1.165, 1.54) is 37.4 Å². The van der Waals surface area contributed by atoms with E-state index in [2.05, 4.69) is 35.9 Å². The van der Waals surface area contributed by atoms with Gasteiger partial charge in [0.05, 0.1) is 0 Å². The summed E-state index contributed by atoms with van der Waals surface area (Å²) in [6.45, 7) is 4.88. The molecule has 0 aromatic carbocycles. The molecule has 0 aromatic rings. The minimum absolute atomic E-state index is 0.747. The first-order valence-corrected chi connectivity index (χ1v) is 6.94. The minimum atomic E-state index is 0.747. The van der Waals surface area contributed by atoms with Gasteiger partial charge in [-0.3, -0.25) is 0 Å². The maximum absolute atomic E-state index is 3.69. The number of nitrogens with one attached hydrogen (secondary N) is 1. The number of piperidine rings is 1. The molecule has 2 aliphatic heterocycles. The van der Waals surface area contributed by atoms with E-state index in [-0.39, 0.29) is 0 Å². The quantitative estimate of drug-likeness (QED) is 0.711. The van der Waals surface area contributed by atoms with Crippen LogP contribution in [0.4, 0.5) is 0 Å². The van der Waals surface area contributed by atoms with Crippen LogP contribution in [0.2, 0.25) is 0 Å². The molecule has 0 amide bonds.